The predicted molar refractivity (Wildman–Crippen MR) is 119 cm³/mol. The van der Waals surface area contributed by atoms with Crippen LogP contribution in [0.2, 0.25) is 0 Å². The lowest BCUT2D eigenvalue weighted by atomic mass is 9.79. The summed E-state index contributed by atoms with van der Waals surface area (Å²) in [5, 5.41) is 9.81. The summed E-state index contributed by atoms with van der Waals surface area (Å²) in [6.45, 7) is 9.13. The number of hydrogen-bond donors (Lipinski definition) is 1. The topological polar surface area (TPSA) is 73.3 Å². The van der Waals surface area contributed by atoms with E-state index in [0.717, 1.165) is 31.9 Å². The fourth-order valence-corrected chi connectivity index (χ4v) is 5.26. The average Bonchev–Trinajstić information content (AvgIpc) is 3.10. The molecule has 1 saturated carbocycles. The second kappa shape index (κ2) is 9.85. The first-order valence-electron chi connectivity index (χ1n) is 11.7. The first kappa shape index (κ1) is 23.1. The summed E-state index contributed by atoms with van der Waals surface area (Å²) in [5.74, 6) is 1.11. The van der Waals surface area contributed by atoms with Crippen LogP contribution in [-0.4, -0.2) is 91.0 Å². The fraction of sp³-hybridized carbons (Fsp3) is 0.667. The van der Waals surface area contributed by atoms with Crippen LogP contribution in [0.25, 0.3) is 0 Å². The van der Waals surface area contributed by atoms with Crippen LogP contribution in [0.3, 0.4) is 0 Å². The summed E-state index contributed by atoms with van der Waals surface area (Å²) in [6, 6.07) is 4.62. The van der Waals surface area contributed by atoms with E-state index in [1.54, 1.807) is 6.07 Å². The van der Waals surface area contributed by atoms with Gasteiger partial charge in [-0.1, -0.05) is 0 Å². The average molecular weight is 448 g/mol. The number of likely N-dealkylation sites (tertiary alicyclic amines) is 1. The van der Waals surface area contributed by atoms with E-state index in [-0.39, 0.29) is 29.4 Å². The van der Waals surface area contributed by atoms with Crippen molar-refractivity contribution in [3.8, 4) is 5.75 Å². The van der Waals surface area contributed by atoms with Gasteiger partial charge in [-0.15, -0.1) is 0 Å². The number of carbonyl (C=O) groups is 2. The van der Waals surface area contributed by atoms with Crippen molar-refractivity contribution in [2.45, 2.75) is 38.9 Å². The van der Waals surface area contributed by atoms with E-state index in [1.165, 1.54) is 12.1 Å². The van der Waals surface area contributed by atoms with Gasteiger partial charge in [0.15, 0.2) is 11.6 Å². The zero-order valence-corrected chi connectivity index (χ0v) is 19.0. The van der Waals surface area contributed by atoms with E-state index in [2.05, 4.69) is 14.7 Å². The second-order valence-corrected chi connectivity index (χ2v) is 9.72. The number of hydrogen-bond acceptors (Lipinski definition) is 7. The van der Waals surface area contributed by atoms with Crippen LogP contribution in [-0.2, 0) is 9.59 Å². The molecule has 1 N–H and O–H groups in total. The minimum Gasteiger partial charge on any atom is -0.489 e. The summed E-state index contributed by atoms with van der Waals surface area (Å²) in [5.41, 5.74) is 0.765. The van der Waals surface area contributed by atoms with Crippen molar-refractivity contribution in [1.82, 2.24) is 9.80 Å². The van der Waals surface area contributed by atoms with Gasteiger partial charge < -0.3 is 14.7 Å². The highest BCUT2D eigenvalue weighted by atomic mass is 19.1. The monoisotopic (exact) mass is 447 g/mol. The lowest BCUT2D eigenvalue weighted by Gasteiger charge is -2.36. The normalized spacial score (nSPS) is 27.1. The molecule has 1 aliphatic carbocycles. The van der Waals surface area contributed by atoms with Crippen molar-refractivity contribution >= 4 is 17.3 Å². The molecular formula is C24H34FN3O4. The fourth-order valence-electron chi connectivity index (χ4n) is 5.26. The maximum atomic E-state index is 13.9. The highest BCUT2D eigenvalue weighted by Crippen LogP contribution is 2.35. The number of rotatable bonds is 7. The maximum Gasteiger partial charge on any atom is 0.161 e. The predicted octanol–water partition coefficient (Wildman–Crippen LogP) is 1.58. The zero-order chi connectivity index (χ0) is 22.8. The number of aliphatic hydroxyl groups excluding tert-OH is 1. The number of Topliss-reactive ketones (excluding diaryl/α,β-unsaturated/α-hetero) is 2. The Bertz CT molecular complexity index is 841. The van der Waals surface area contributed by atoms with E-state index in [9.17, 15) is 19.1 Å². The second-order valence-electron chi connectivity index (χ2n) is 9.72. The summed E-state index contributed by atoms with van der Waals surface area (Å²) >= 11 is 0. The molecule has 3 aliphatic rings. The van der Waals surface area contributed by atoms with Crippen LogP contribution >= 0.6 is 0 Å². The Labute approximate surface area is 189 Å². The Morgan fingerprint density at radius 3 is 2.53 bits per heavy atom. The van der Waals surface area contributed by atoms with Crippen LogP contribution < -0.4 is 9.64 Å². The number of aliphatic hydroxyl groups is 1. The number of anilines is 1. The third-order valence-electron chi connectivity index (χ3n) is 6.81. The van der Waals surface area contributed by atoms with Gasteiger partial charge in [0.2, 0.25) is 0 Å². The molecule has 0 bridgehead atoms. The molecule has 2 heterocycles. The SMILES string of the molecule is CC(C)Oc1ccc(F)cc1N1CCN(CC(=O)CN2CC3CC(=O)C(O)CC3C2)CC1. The van der Waals surface area contributed by atoms with Crippen molar-refractivity contribution in [3.05, 3.63) is 24.0 Å². The van der Waals surface area contributed by atoms with Gasteiger partial charge in [-0.25, -0.2) is 4.39 Å². The van der Waals surface area contributed by atoms with Crippen molar-refractivity contribution in [2.24, 2.45) is 11.8 Å². The summed E-state index contributed by atoms with van der Waals surface area (Å²) in [4.78, 5) is 30.9. The third-order valence-corrected chi connectivity index (χ3v) is 6.81. The molecule has 0 amide bonds. The van der Waals surface area contributed by atoms with E-state index in [0.29, 0.717) is 50.7 Å². The highest BCUT2D eigenvalue weighted by molar-refractivity contribution is 5.84. The maximum absolute atomic E-state index is 13.9. The molecule has 0 radical (unpaired) electrons. The van der Waals surface area contributed by atoms with Gasteiger partial charge in [-0.2, -0.15) is 0 Å². The Kier molecular flexibility index (Phi) is 7.12. The molecule has 7 nitrogen and oxygen atoms in total. The third kappa shape index (κ3) is 5.47. The van der Waals surface area contributed by atoms with Gasteiger partial charge in [0.05, 0.1) is 24.9 Å². The van der Waals surface area contributed by atoms with Crippen molar-refractivity contribution < 1.29 is 23.8 Å². The molecule has 3 fully saturated rings. The lowest BCUT2D eigenvalue weighted by Crippen LogP contribution is -2.49. The molecule has 176 valence electrons. The number of piperazine rings is 1. The van der Waals surface area contributed by atoms with E-state index in [1.807, 2.05) is 13.8 Å². The number of fused-ring (bicyclic) bond motifs is 1. The van der Waals surface area contributed by atoms with Crippen molar-refractivity contribution in [3.63, 3.8) is 0 Å². The van der Waals surface area contributed by atoms with Gasteiger partial charge in [0.1, 0.15) is 17.7 Å². The van der Waals surface area contributed by atoms with Crippen LogP contribution in [0.4, 0.5) is 10.1 Å². The van der Waals surface area contributed by atoms with Crippen LogP contribution in [0.5, 0.6) is 5.75 Å². The Balaban J connectivity index is 1.26. The van der Waals surface area contributed by atoms with Gasteiger partial charge >= 0.3 is 0 Å². The lowest BCUT2D eigenvalue weighted by molar-refractivity contribution is -0.132. The molecule has 4 rings (SSSR count). The molecule has 0 aromatic heterocycles. The molecule has 8 heteroatoms. The Morgan fingerprint density at radius 2 is 1.81 bits per heavy atom. The Morgan fingerprint density at radius 1 is 1.12 bits per heavy atom. The summed E-state index contributed by atoms with van der Waals surface area (Å²) < 4.78 is 19.7. The van der Waals surface area contributed by atoms with Gasteiger partial charge in [-0.05, 0) is 44.2 Å². The van der Waals surface area contributed by atoms with E-state index < -0.39 is 6.10 Å². The molecular weight excluding hydrogens is 413 g/mol. The summed E-state index contributed by atoms with van der Waals surface area (Å²) in [7, 11) is 0. The smallest absolute Gasteiger partial charge is 0.161 e. The molecule has 2 aliphatic heterocycles. The number of ether oxygens (including phenoxy) is 1. The van der Waals surface area contributed by atoms with Crippen LogP contribution in [0.15, 0.2) is 18.2 Å². The number of nitrogens with zero attached hydrogens (tertiary/aromatic N) is 3. The van der Waals surface area contributed by atoms with Crippen LogP contribution in [0.1, 0.15) is 26.7 Å². The molecule has 1 aromatic rings. The number of carbonyl (C=O) groups excluding carboxylic acids is 2. The quantitative estimate of drug-likeness (QED) is 0.680. The van der Waals surface area contributed by atoms with Gasteiger partial charge in [0.25, 0.3) is 0 Å². The van der Waals surface area contributed by atoms with E-state index in [4.69, 9.17) is 4.74 Å². The summed E-state index contributed by atoms with van der Waals surface area (Å²) in [6.07, 6.45) is 0.140. The standard InChI is InChI=1S/C24H34FN3O4/c1-16(2)32-24-4-3-19(25)11-21(24)28-7-5-26(6-8-28)14-20(29)15-27-12-17-9-22(30)23(31)10-18(17)13-27/h3-4,11,16-18,22,30H,5-10,12-15H2,1-2H3. The first-order chi connectivity index (χ1) is 15.3. The van der Waals surface area contributed by atoms with Crippen molar-refractivity contribution in [1.29, 1.82) is 0 Å². The Hall–Kier alpha value is -2.03. The molecule has 2 saturated heterocycles. The zero-order valence-electron chi connectivity index (χ0n) is 19.0. The molecule has 0 spiro atoms. The van der Waals surface area contributed by atoms with Crippen LogP contribution in [0, 0.1) is 17.7 Å². The molecule has 3 atom stereocenters. The minimum absolute atomic E-state index is 0.00826. The van der Waals surface area contributed by atoms with Gasteiger partial charge in [-0.3, -0.25) is 19.4 Å². The molecule has 32 heavy (non-hydrogen) atoms. The number of ketones is 2. The first-order valence-corrected chi connectivity index (χ1v) is 11.7. The largest absolute Gasteiger partial charge is 0.489 e. The molecule has 1 aromatic carbocycles. The minimum atomic E-state index is -0.826. The van der Waals surface area contributed by atoms with E-state index >= 15 is 0 Å². The number of halogens is 1. The number of benzene rings is 1. The van der Waals surface area contributed by atoms with Crippen molar-refractivity contribution in [2.75, 3.05) is 57.3 Å². The molecule has 3 unspecified atom stereocenters. The highest BCUT2D eigenvalue weighted by Gasteiger charge is 2.41. The van der Waals surface area contributed by atoms with Gasteiger partial charge in [0, 0.05) is 51.8 Å².